The van der Waals surface area contributed by atoms with Crippen molar-refractivity contribution in [2.24, 2.45) is 0 Å². The van der Waals surface area contributed by atoms with E-state index in [9.17, 15) is 21.6 Å². The van der Waals surface area contributed by atoms with Gasteiger partial charge in [0.25, 0.3) is 0 Å². The zero-order chi connectivity index (χ0) is 15.8. The van der Waals surface area contributed by atoms with Crippen LogP contribution in [0.4, 0.5) is 0 Å². The van der Waals surface area contributed by atoms with Crippen molar-refractivity contribution in [1.82, 2.24) is 14.5 Å². The van der Waals surface area contributed by atoms with Crippen LogP contribution >= 0.6 is 0 Å². The summed E-state index contributed by atoms with van der Waals surface area (Å²) in [7, 11) is -7.46. The van der Waals surface area contributed by atoms with E-state index < -0.39 is 38.4 Å². The first kappa shape index (κ1) is 15.9. The lowest BCUT2D eigenvalue weighted by molar-refractivity contribution is -0.137. The summed E-state index contributed by atoms with van der Waals surface area (Å²) >= 11 is 0. The van der Waals surface area contributed by atoms with Crippen molar-refractivity contribution < 1.29 is 26.7 Å². The van der Waals surface area contributed by atoms with Crippen LogP contribution in [0.2, 0.25) is 0 Å². The van der Waals surface area contributed by atoms with Crippen LogP contribution in [-0.2, 0) is 24.7 Å². The maximum absolute atomic E-state index is 12.6. The summed E-state index contributed by atoms with van der Waals surface area (Å²) in [5.74, 6) is -1.85. The van der Waals surface area contributed by atoms with Gasteiger partial charge in [0, 0.05) is 6.04 Å². The molecule has 0 spiro atoms. The second-order valence-electron chi connectivity index (χ2n) is 4.86. The van der Waals surface area contributed by atoms with E-state index in [4.69, 9.17) is 5.11 Å². The minimum atomic E-state index is -4.12. The van der Waals surface area contributed by atoms with Crippen LogP contribution in [0.5, 0.6) is 0 Å². The zero-order valence-electron chi connectivity index (χ0n) is 11.2. The molecule has 9 nitrogen and oxygen atoms in total. The minimum absolute atomic E-state index is 0.0890. The fourth-order valence-electron chi connectivity index (χ4n) is 2.27. The van der Waals surface area contributed by atoms with Gasteiger partial charge >= 0.3 is 5.97 Å². The number of sulfone groups is 1. The van der Waals surface area contributed by atoms with Crippen molar-refractivity contribution in [3.05, 3.63) is 11.9 Å². The Kier molecular flexibility index (Phi) is 4.08. The highest BCUT2D eigenvalue weighted by Gasteiger charge is 2.40. The molecule has 0 radical (unpaired) electrons. The molecule has 1 aliphatic rings. The van der Waals surface area contributed by atoms with E-state index in [1.165, 1.54) is 6.92 Å². The SMILES string of the molecule is Cc1[nH]ncc1S(=O)(=O)N(CC(=O)O)C1CCS(=O)(=O)C1. The van der Waals surface area contributed by atoms with Crippen LogP contribution < -0.4 is 0 Å². The molecule has 1 saturated heterocycles. The van der Waals surface area contributed by atoms with Gasteiger partial charge in [-0.15, -0.1) is 0 Å². The van der Waals surface area contributed by atoms with E-state index in [0.29, 0.717) is 0 Å². The highest BCUT2D eigenvalue weighted by molar-refractivity contribution is 7.92. The van der Waals surface area contributed by atoms with Gasteiger partial charge in [-0.3, -0.25) is 9.89 Å². The number of hydrogen-bond donors (Lipinski definition) is 2. The van der Waals surface area contributed by atoms with Gasteiger partial charge in [-0.05, 0) is 13.3 Å². The molecule has 11 heteroatoms. The highest BCUT2D eigenvalue weighted by atomic mass is 32.2. The third-order valence-electron chi connectivity index (χ3n) is 3.28. The molecule has 1 aromatic rings. The summed E-state index contributed by atoms with van der Waals surface area (Å²) in [6, 6.07) is -0.870. The van der Waals surface area contributed by atoms with Crippen molar-refractivity contribution in [1.29, 1.82) is 0 Å². The van der Waals surface area contributed by atoms with E-state index in [2.05, 4.69) is 10.2 Å². The van der Waals surface area contributed by atoms with E-state index in [0.717, 1.165) is 10.5 Å². The summed E-state index contributed by atoms with van der Waals surface area (Å²) < 4.78 is 48.9. The van der Waals surface area contributed by atoms with Gasteiger partial charge in [-0.2, -0.15) is 9.40 Å². The van der Waals surface area contributed by atoms with Gasteiger partial charge in [0.1, 0.15) is 11.4 Å². The van der Waals surface area contributed by atoms with Crippen molar-refractivity contribution in [3.63, 3.8) is 0 Å². The summed E-state index contributed by atoms with van der Waals surface area (Å²) in [6.07, 6.45) is 1.18. The summed E-state index contributed by atoms with van der Waals surface area (Å²) in [6.45, 7) is 0.706. The number of aryl methyl sites for hydroxylation is 1. The van der Waals surface area contributed by atoms with Gasteiger partial charge in [0.2, 0.25) is 10.0 Å². The predicted octanol–water partition coefficient (Wildman–Crippen LogP) is -1.02. The molecule has 0 bridgehead atoms. The van der Waals surface area contributed by atoms with Crippen molar-refractivity contribution in [3.8, 4) is 0 Å². The number of carbonyl (C=O) groups is 1. The molecule has 118 valence electrons. The topological polar surface area (TPSA) is 138 Å². The fourth-order valence-corrected chi connectivity index (χ4v) is 5.82. The molecule has 0 aromatic carbocycles. The number of carboxylic acid groups (broad SMARTS) is 1. The Bertz CT molecular complexity index is 752. The number of nitrogens with zero attached hydrogens (tertiary/aromatic N) is 2. The third-order valence-corrected chi connectivity index (χ3v) is 7.04. The van der Waals surface area contributed by atoms with Crippen LogP contribution in [0.25, 0.3) is 0 Å². The summed E-state index contributed by atoms with van der Waals surface area (Å²) in [5.41, 5.74) is 0.270. The van der Waals surface area contributed by atoms with Gasteiger partial charge in [-0.1, -0.05) is 0 Å². The Morgan fingerprint density at radius 2 is 2.24 bits per heavy atom. The summed E-state index contributed by atoms with van der Waals surface area (Å²) in [4.78, 5) is 10.8. The lowest BCUT2D eigenvalue weighted by atomic mass is 10.2. The molecule has 21 heavy (non-hydrogen) atoms. The van der Waals surface area contributed by atoms with Crippen LogP contribution in [-0.4, -0.2) is 66.5 Å². The van der Waals surface area contributed by atoms with Crippen molar-refractivity contribution in [2.75, 3.05) is 18.1 Å². The van der Waals surface area contributed by atoms with Gasteiger partial charge in [0.05, 0.1) is 23.4 Å². The fraction of sp³-hybridized carbons (Fsp3) is 0.600. The molecule has 0 saturated carbocycles. The van der Waals surface area contributed by atoms with Gasteiger partial charge in [0.15, 0.2) is 9.84 Å². The Morgan fingerprint density at radius 3 is 2.67 bits per heavy atom. The molecule has 1 aromatic heterocycles. The average molecular weight is 337 g/mol. The number of aromatic nitrogens is 2. The van der Waals surface area contributed by atoms with Crippen LogP contribution in [0.3, 0.4) is 0 Å². The van der Waals surface area contributed by atoms with E-state index in [1.54, 1.807) is 0 Å². The maximum Gasteiger partial charge on any atom is 0.318 e. The number of carboxylic acids is 1. The van der Waals surface area contributed by atoms with Gasteiger partial charge < -0.3 is 5.11 Å². The number of sulfonamides is 1. The Labute approximate surface area is 121 Å². The zero-order valence-corrected chi connectivity index (χ0v) is 12.8. The number of aromatic amines is 1. The Balaban J connectivity index is 2.41. The molecule has 1 atom stereocenters. The second kappa shape index (κ2) is 5.39. The van der Waals surface area contributed by atoms with Crippen molar-refractivity contribution >= 4 is 25.8 Å². The van der Waals surface area contributed by atoms with Crippen LogP contribution in [0, 0.1) is 6.92 Å². The van der Waals surface area contributed by atoms with E-state index >= 15 is 0 Å². The molecular weight excluding hydrogens is 322 g/mol. The summed E-state index contributed by atoms with van der Waals surface area (Å²) in [5, 5.41) is 15.0. The average Bonchev–Trinajstić information content (AvgIpc) is 2.92. The number of hydrogen-bond acceptors (Lipinski definition) is 6. The molecule has 1 fully saturated rings. The third kappa shape index (κ3) is 3.24. The highest BCUT2D eigenvalue weighted by Crippen LogP contribution is 2.25. The molecule has 2 N–H and O–H groups in total. The number of aliphatic carboxylic acids is 1. The number of rotatable bonds is 5. The Morgan fingerprint density at radius 1 is 1.57 bits per heavy atom. The van der Waals surface area contributed by atoms with Crippen LogP contribution in [0.1, 0.15) is 12.1 Å². The monoisotopic (exact) mass is 337 g/mol. The number of nitrogens with one attached hydrogen (secondary N) is 1. The van der Waals surface area contributed by atoms with E-state index in [1.807, 2.05) is 0 Å². The normalized spacial score (nSPS) is 21.7. The lowest BCUT2D eigenvalue weighted by Gasteiger charge is -2.25. The first-order valence-electron chi connectivity index (χ1n) is 6.07. The largest absolute Gasteiger partial charge is 0.480 e. The molecule has 2 heterocycles. The molecule has 1 aliphatic heterocycles. The molecule has 0 amide bonds. The molecule has 0 aliphatic carbocycles. The Hall–Kier alpha value is -1.46. The first-order chi connectivity index (χ1) is 9.63. The molecular formula is C10H15N3O6S2. The second-order valence-corrected chi connectivity index (χ2v) is 8.95. The molecule has 1 unspecified atom stereocenters. The van der Waals surface area contributed by atoms with Gasteiger partial charge in [-0.25, -0.2) is 16.8 Å². The quantitative estimate of drug-likeness (QED) is 0.701. The first-order valence-corrected chi connectivity index (χ1v) is 9.33. The maximum atomic E-state index is 12.6. The minimum Gasteiger partial charge on any atom is -0.480 e. The van der Waals surface area contributed by atoms with Crippen LogP contribution in [0.15, 0.2) is 11.1 Å². The lowest BCUT2D eigenvalue weighted by Crippen LogP contribution is -2.44. The van der Waals surface area contributed by atoms with Crippen molar-refractivity contribution in [2.45, 2.75) is 24.3 Å². The van der Waals surface area contributed by atoms with E-state index in [-0.39, 0.29) is 28.5 Å². The predicted molar refractivity (Wildman–Crippen MR) is 71.9 cm³/mol. The smallest absolute Gasteiger partial charge is 0.318 e. The molecule has 2 rings (SSSR count). The number of H-pyrrole nitrogens is 1. The standard InChI is InChI=1S/C10H15N3O6S2/c1-7-9(4-11-12-7)21(18,19)13(5-10(14)15)8-2-3-20(16,17)6-8/h4,8H,2-3,5-6H2,1H3,(H,11,12)(H,14,15).